The Morgan fingerprint density at radius 1 is 1.23 bits per heavy atom. The SMILES string of the molecule is O=S(=O)(c1ccc(F)cc1)N1CCOC(c2cnccn2)C1. The lowest BCUT2D eigenvalue weighted by Crippen LogP contribution is -2.42. The largest absolute Gasteiger partial charge is 0.369 e. The minimum absolute atomic E-state index is 0.0636. The molecular formula is C14H14FN3O3S. The molecule has 1 atom stereocenters. The average Bonchev–Trinajstić information content (AvgIpc) is 2.56. The van der Waals surface area contributed by atoms with E-state index in [1.54, 1.807) is 12.4 Å². The molecule has 1 aliphatic rings. The quantitative estimate of drug-likeness (QED) is 0.853. The summed E-state index contributed by atoms with van der Waals surface area (Å²) in [6.07, 6.45) is 4.17. The number of hydrogen-bond donors (Lipinski definition) is 0. The van der Waals surface area contributed by atoms with Gasteiger partial charge in [0.15, 0.2) is 0 Å². The Morgan fingerprint density at radius 2 is 2.00 bits per heavy atom. The van der Waals surface area contributed by atoms with Crippen LogP contribution in [0.15, 0.2) is 47.8 Å². The molecule has 2 aromatic rings. The van der Waals surface area contributed by atoms with E-state index in [2.05, 4.69) is 9.97 Å². The van der Waals surface area contributed by atoms with E-state index in [0.717, 1.165) is 12.1 Å². The summed E-state index contributed by atoms with van der Waals surface area (Å²) < 4.78 is 45.0. The van der Waals surface area contributed by atoms with E-state index in [-0.39, 0.29) is 24.6 Å². The van der Waals surface area contributed by atoms with Crippen LogP contribution in [0.3, 0.4) is 0 Å². The molecule has 0 amide bonds. The van der Waals surface area contributed by atoms with E-state index in [4.69, 9.17) is 4.74 Å². The molecule has 0 N–H and O–H groups in total. The third-order valence-corrected chi connectivity index (χ3v) is 5.27. The highest BCUT2D eigenvalue weighted by Crippen LogP contribution is 2.25. The molecule has 22 heavy (non-hydrogen) atoms. The first-order valence-electron chi connectivity index (χ1n) is 6.70. The van der Waals surface area contributed by atoms with Gasteiger partial charge in [0.05, 0.1) is 23.4 Å². The Morgan fingerprint density at radius 3 is 2.68 bits per heavy atom. The Labute approximate surface area is 127 Å². The van der Waals surface area contributed by atoms with Crippen molar-refractivity contribution in [1.82, 2.24) is 14.3 Å². The monoisotopic (exact) mass is 323 g/mol. The summed E-state index contributed by atoms with van der Waals surface area (Å²) in [6.45, 7) is 0.663. The van der Waals surface area contributed by atoms with Crippen LogP contribution in [0, 0.1) is 5.82 Å². The zero-order chi connectivity index (χ0) is 15.6. The first-order chi connectivity index (χ1) is 10.6. The number of halogens is 1. The second-order valence-corrected chi connectivity index (χ2v) is 6.74. The van der Waals surface area contributed by atoms with Crippen LogP contribution in [-0.4, -0.2) is 42.4 Å². The van der Waals surface area contributed by atoms with Crippen LogP contribution < -0.4 is 0 Å². The third kappa shape index (κ3) is 2.99. The van der Waals surface area contributed by atoms with E-state index in [0.29, 0.717) is 5.69 Å². The summed E-state index contributed by atoms with van der Waals surface area (Å²) in [4.78, 5) is 8.17. The lowest BCUT2D eigenvalue weighted by Gasteiger charge is -2.31. The van der Waals surface area contributed by atoms with Gasteiger partial charge in [0.1, 0.15) is 11.9 Å². The summed E-state index contributed by atoms with van der Waals surface area (Å²) >= 11 is 0. The highest BCUT2D eigenvalue weighted by molar-refractivity contribution is 7.89. The van der Waals surface area contributed by atoms with Crippen molar-refractivity contribution in [2.24, 2.45) is 0 Å². The maximum atomic E-state index is 13.0. The molecule has 1 aromatic carbocycles. The highest BCUT2D eigenvalue weighted by atomic mass is 32.2. The van der Waals surface area contributed by atoms with Gasteiger partial charge in [0.25, 0.3) is 0 Å². The summed E-state index contributed by atoms with van der Waals surface area (Å²) in [7, 11) is -3.68. The third-order valence-electron chi connectivity index (χ3n) is 3.39. The van der Waals surface area contributed by atoms with Crippen LogP contribution in [0.2, 0.25) is 0 Å². The van der Waals surface area contributed by atoms with E-state index in [9.17, 15) is 12.8 Å². The van der Waals surface area contributed by atoms with Crippen LogP contribution in [0.25, 0.3) is 0 Å². The molecule has 116 valence electrons. The number of nitrogens with zero attached hydrogens (tertiary/aromatic N) is 3. The number of ether oxygens (including phenoxy) is 1. The zero-order valence-corrected chi connectivity index (χ0v) is 12.4. The molecule has 3 rings (SSSR count). The lowest BCUT2D eigenvalue weighted by molar-refractivity contribution is -0.00514. The second-order valence-electron chi connectivity index (χ2n) is 4.81. The molecular weight excluding hydrogens is 309 g/mol. The van der Waals surface area contributed by atoms with E-state index in [1.807, 2.05) is 0 Å². The number of benzene rings is 1. The first kappa shape index (κ1) is 15.0. The Bertz CT molecular complexity index is 738. The number of morpholine rings is 1. The van der Waals surface area contributed by atoms with Gasteiger partial charge in [-0.25, -0.2) is 12.8 Å². The Hall–Kier alpha value is -1.90. The van der Waals surface area contributed by atoms with E-state index < -0.39 is 21.9 Å². The van der Waals surface area contributed by atoms with Gasteiger partial charge in [-0.2, -0.15) is 4.31 Å². The molecule has 0 saturated carbocycles. The molecule has 1 saturated heterocycles. The molecule has 0 radical (unpaired) electrons. The lowest BCUT2D eigenvalue weighted by atomic mass is 10.2. The topological polar surface area (TPSA) is 72.4 Å². The van der Waals surface area contributed by atoms with Crippen LogP contribution in [0.4, 0.5) is 4.39 Å². The van der Waals surface area contributed by atoms with E-state index >= 15 is 0 Å². The van der Waals surface area contributed by atoms with Gasteiger partial charge in [-0.3, -0.25) is 9.97 Å². The molecule has 1 fully saturated rings. The predicted octanol–water partition coefficient (Wildman–Crippen LogP) is 1.38. The number of rotatable bonds is 3. The zero-order valence-electron chi connectivity index (χ0n) is 11.6. The second kappa shape index (κ2) is 6.07. The van der Waals surface area contributed by atoms with Crippen molar-refractivity contribution in [3.05, 3.63) is 54.4 Å². The van der Waals surface area contributed by atoms with Gasteiger partial charge in [-0.15, -0.1) is 0 Å². The first-order valence-corrected chi connectivity index (χ1v) is 8.14. The molecule has 1 unspecified atom stereocenters. The van der Waals surface area contributed by atoms with Crippen molar-refractivity contribution in [3.63, 3.8) is 0 Å². The van der Waals surface area contributed by atoms with Crippen molar-refractivity contribution in [2.75, 3.05) is 19.7 Å². The maximum Gasteiger partial charge on any atom is 0.243 e. The van der Waals surface area contributed by atoms with Gasteiger partial charge in [0.2, 0.25) is 10.0 Å². The summed E-state index contributed by atoms with van der Waals surface area (Å²) in [5.74, 6) is -0.474. The van der Waals surface area contributed by atoms with Crippen LogP contribution in [0.5, 0.6) is 0 Å². The molecule has 0 spiro atoms. The van der Waals surface area contributed by atoms with Gasteiger partial charge in [-0.1, -0.05) is 0 Å². The summed E-state index contributed by atoms with van der Waals surface area (Å²) in [5, 5.41) is 0. The Kier molecular flexibility index (Phi) is 4.14. The molecule has 6 nitrogen and oxygen atoms in total. The normalized spacial score (nSPS) is 20.0. The molecule has 8 heteroatoms. The number of aromatic nitrogens is 2. The molecule has 0 aliphatic carbocycles. The van der Waals surface area contributed by atoms with Crippen molar-refractivity contribution >= 4 is 10.0 Å². The fourth-order valence-electron chi connectivity index (χ4n) is 2.26. The molecule has 1 aromatic heterocycles. The van der Waals surface area contributed by atoms with Crippen LogP contribution in [-0.2, 0) is 14.8 Å². The highest BCUT2D eigenvalue weighted by Gasteiger charge is 2.32. The van der Waals surface area contributed by atoms with Crippen molar-refractivity contribution < 1.29 is 17.5 Å². The van der Waals surface area contributed by atoms with Crippen LogP contribution >= 0.6 is 0 Å². The standard InChI is InChI=1S/C14H14FN3O3S/c15-11-1-3-12(4-2-11)22(19,20)18-7-8-21-14(10-18)13-9-16-5-6-17-13/h1-6,9,14H,7-8,10H2. The fraction of sp³-hybridized carbons (Fsp3) is 0.286. The van der Waals surface area contributed by atoms with E-state index in [1.165, 1.54) is 22.6 Å². The summed E-state index contributed by atoms with van der Waals surface area (Å²) in [5.41, 5.74) is 0.585. The fourth-order valence-corrected chi connectivity index (χ4v) is 3.68. The smallest absolute Gasteiger partial charge is 0.243 e. The molecule has 1 aliphatic heterocycles. The molecule has 2 heterocycles. The summed E-state index contributed by atoms with van der Waals surface area (Å²) in [6, 6.07) is 4.79. The van der Waals surface area contributed by atoms with Gasteiger partial charge < -0.3 is 4.74 Å². The van der Waals surface area contributed by atoms with Gasteiger partial charge in [-0.05, 0) is 24.3 Å². The maximum absolute atomic E-state index is 13.0. The number of hydrogen-bond acceptors (Lipinski definition) is 5. The average molecular weight is 323 g/mol. The van der Waals surface area contributed by atoms with Gasteiger partial charge in [0, 0.05) is 25.5 Å². The van der Waals surface area contributed by atoms with Crippen molar-refractivity contribution in [2.45, 2.75) is 11.0 Å². The predicted molar refractivity (Wildman–Crippen MR) is 75.9 cm³/mol. The minimum atomic E-state index is -3.68. The minimum Gasteiger partial charge on any atom is -0.369 e. The number of sulfonamides is 1. The molecule has 0 bridgehead atoms. The van der Waals surface area contributed by atoms with Crippen molar-refractivity contribution in [3.8, 4) is 0 Å². The van der Waals surface area contributed by atoms with Gasteiger partial charge >= 0.3 is 0 Å². The van der Waals surface area contributed by atoms with Crippen molar-refractivity contribution in [1.29, 1.82) is 0 Å². The Balaban J connectivity index is 1.83. The van der Waals surface area contributed by atoms with Crippen LogP contribution in [0.1, 0.15) is 11.8 Å².